The monoisotopic (exact) mass is 366 g/mol. The van der Waals surface area contributed by atoms with E-state index in [4.69, 9.17) is 0 Å². The van der Waals surface area contributed by atoms with Crippen molar-refractivity contribution in [1.29, 1.82) is 0 Å². The van der Waals surface area contributed by atoms with Gasteiger partial charge in [-0.1, -0.05) is 0 Å². The summed E-state index contributed by atoms with van der Waals surface area (Å²) in [5.41, 5.74) is 1.30. The summed E-state index contributed by atoms with van der Waals surface area (Å²) >= 11 is 0. The van der Waals surface area contributed by atoms with Crippen molar-refractivity contribution in [2.24, 2.45) is 7.05 Å². The molecule has 1 aromatic heterocycles. The molecule has 2 aromatic rings. The van der Waals surface area contributed by atoms with E-state index in [0.29, 0.717) is 18.7 Å². The fourth-order valence-corrected chi connectivity index (χ4v) is 4.19. The van der Waals surface area contributed by atoms with Crippen LogP contribution in [-0.2, 0) is 17.1 Å². The Kier molecular flexibility index (Phi) is 4.61. The van der Waals surface area contributed by atoms with Crippen LogP contribution in [0.25, 0.3) is 0 Å². The van der Waals surface area contributed by atoms with Crippen molar-refractivity contribution >= 4 is 15.9 Å². The molecule has 25 heavy (non-hydrogen) atoms. The number of hydrogen-bond donors (Lipinski definition) is 0. The number of sulfonamides is 1. The number of benzene rings is 1. The zero-order valence-corrected chi connectivity index (χ0v) is 14.8. The predicted molar refractivity (Wildman–Crippen MR) is 89.0 cm³/mol. The molecule has 9 heteroatoms. The van der Waals surface area contributed by atoms with E-state index in [0.717, 1.165) is 17.8 Å². The minimum absolute atomic E-state index is 0.0526. The molecule has 0 aliphatic carbocycles. The summed E-state index contributed by atoms with van der Waals surface area (Å²) in [6.07, 6.45) is 1.53. The molecule has 2 heterocycles. The smallest absolute Gasteiger partial charge is 0.257 e. The molecule has 1 amide bonds. The van der Waals surface area contributed by atoms with Gasteiger partial charge in [-0.2, -0.15) is 9.40 Å². The lowest BCUT2D eigenvalue weighted by Crippen LogP contribution is -2.50. The Bertz CT molecular complexity index is 885. The first kappa shape index (κ1) is 17.6. The Morgan fingerprint density at radius 1 is 1.12 bits per heavy atom. The molecule has 0 bridgehead atoms. The number of aromatic nitrogens is 2. The summed E-state index contributed by atoms with van der Waals surface area (Å²) in [7, 11) is -1.92. The van der Waals surface area contributed by atoms with Crippen LogP contribution in [0.4, 0.5) is 4.39 Å². The van der Waals surface area contributed by atoms with Crippen molar-refractivity contribution < 1.29 is 17.6 Å². The third kappa shape index (κ3) is 3.29. The van der Waals surface area contributed by atoms with Crippen LogP contribution in [0.3, 0.4) is 0 Å². The van der Waals surface area contributed by atoms with Crippen LogP contribution >= 0.6 is 0 Å². The third-order valence-corrected chi connectivity index (χ3v) is 6.36. The van der Waals surface area contributed by atoms with Gasteiger partial charge in [0.2, 0.25) is 10.0 Å². The number of aryl methyl sites for hydroxylation is 1. The van der Waals surface area contributed by atoms with E-state index in [-0.39, 0.29) is 23.9 Å². The highest BCUT2D eigenvalue weighted by molar-refractivity contribution is 7.89. The highest BCUT2D eigenvalue weighted by Crippen LogP contribution is 2.19. The highest BCUT2D eigenvalue weighted by Gasteiger charge is 2.31. The highest BCUT2D eigenvalue weighted by atomic mass is 32.2. The molecule has 0 radical (unpaired) electrons. The van der Waals surface area contributed by atoms with Crippen molar-refractivity contribution in [2.75, 3.05) is 26.2 Å². The Balaban J connectivity index is 1.70. The SMILES string of the molecule is Cc1c(C(=O)N2CCN(S(=O)(=O)c3ccc(F)cc3)CC2)cnn1C. The van der Waals surface area contributed by atoms with E-state index < -0.39 is 15.8 Å². The second kappa shape index (κ2) is 6.57. The summed E-state index contributed by atoms with van der Waals surface area (Å²) in [5, 5.41) is 4.07. The Morgan fingerprint density at radius 3 is 2.24 bits per heavy atom. The number of rotatable bonds is 3. The molecule has 1 saturated heterocycles. The van der Waals surface area contributed by atoms with Crippen molar-refractivity contribution in [3.8, 4) is 0 Å². The number of halogens is 1. The number of nitrogens with zero attached hydrogens (tertiary/aromatic N) is 4. The first-order valence-electron chi connectivity index (χ1n) is 7.84. The second-order valence-electron chi connectivity index (χ2n) is 5.92. The van der Waals surface area contributed by atoms with Crippen LogP contribution in [0.1, 0.15) is 16.1 Å². The van der Waals surface area contributed by atoms with Gasteiger partial charge >= 0.3 is 0 Å². The average Bonchev–Trinajstić information content (AvgIpc) is 2.94. The maximum Gasteiger partial charge on any atom is 0.257 e. The van der Waals surface area contributed by atoms with Gasteiger partial charge in [0.1, 0.15) is 5.82 Å². The van der Waals surface area contributed by atoms with E-state index in [1.54, 1.807) is 16.6 Å². The lowest BCUT2D eigenvalue weighted by atomic mass is 10.2. The fourth-order valence-electron chi connectivity index (χ4n) is 2.77. The molecule has 0 saturated carbocycles. The minimum Gasteiger partial charge on any atom is -0.336 e. The molecule has 0 spiro atoms. The van der Waals surface area contributed by atoms with Crippen LogP contribution in [0.2, 0.25) is 0 Å². The van der Waals surface area contributed by atoms with Crippen LogP contribution in [-0.4, -0.2) is 59.5 Å². The van der Waals surface area contributed by atoms with Crippen LogP contribution in [0.15, 0.2) is 35.4 Å². The summed E-state index contributed by atoms with van der Waals surface area (Å²) in [4.78, 5) is 14.2. The summed E-state index contributed by atoms with van der Waals surface area (Å²) in [5.74, 6) is -0.634. The molecular weight excluding hydrogens is 347 g/mol. The lowest BCUT2D eigenvalue weighted by molar-refractivity contribution is 0.0697. The topological polar surface area (TPSA) is 75.5 Å². The fraction of sp³-hybridized carbons (Fsp3) is 0.375. The zero-order valence-electron chi connectivity index (χ0n) is 14.0. The van der Waals surface area contributed by atoms with Crippen LogP contribution in [0, 0.1) is 12.7 Å². The molecule has 7 nitrogen and oxygen atoms in total. The largest absolute Gasteiger partial charge is 0.336 e. The third-order valence-electron chi connectivity index (χ3n) is 4.44. The van der Waals surface area contributed by atoms with Gasteiger partial charge in [-0.3, -0.25) is 9.48 Å². The standard InChI is InChI=1S/C16H19FN4O3S/c1-12-15(11-18-19(12)2)16(22)20-7-9-21(10-8-20)25(23,24)14-5-3-13(17)4-6-14/h3-6,11H,7-10H2,1-2H3. The quantitative estimate of drug-likeness (QED) is 0.813. The van der Waals surface area contributed by atoms with Gasteiger partial charge in [0.15, 0.2) is 0 Å². The van der Waals surface area contributed by atoms with E-state index >= 15 is 0 Å². The molecular formula is C16H19FN4O3S. The summed E-state index contributed by atoms with van der Waals surface area (Å²) in [6.45, 7) is 2.81. The van der Waals surface area contributed by atoms with Crippen molar-refractivity contribution in [1.82, 2.24) is 19.0 Å². The molecule has 3 rings (SSSR count). The molecule has 1 aliphatic heterocycles. The van der Waals surface area contributed by atoms with E-state index in [9.17, 15) is 17.6 Å². The average molecular weight is 366 g/mol. The van der Waals surface area contributed by atoms with Gasteiger partial charge in [-0.05, 0) is 31.2 Å². The van der Waals surface area contributed by atoms with Crippen molar-refractivity contribution in [2.45, 2.75) is 11.8 Å². The van der Waals surface area contributed by atoms with Crippen LogP contribution in [0.5, 0.6) is 0 Å². The lowest BCUT2D eigenvalue weighted by Gasteiger charge is -2.34. The zero-order chi connectivity index (χ0) is 18.2. The molecule has 0 N–H and O–H groups in total. The predicted octanol–water partition coefficient (Wildman–Crippen LogP) is 1.01. The Morgan fingerprint density at radius 2 is 1.72 bits per heavy atom. The number of piperazine rings is 1. The van der Waals surface area contributed by atoms with Gasteiger partial charge in [-0.25, -0.2) is 12.8 Å². The van der Waals surface area contributed by atoms with Gasteiger partial charge in [0.05, 0.1) is 16.7 Å². The molecule has 1 fully saturated rings. The number of hydrogen-bond acceptors (Lipinski definition) is 4. The molecule has 1 aliphatic rings. The maximum atomic E-state index is 13.0. The molecule has 0 unspecified atom stereocenters. The first-order chi connectivity index (χ1) is 11.8. The Labute approximate surface area is 145 Å². The van der Waals surface area contributed by atoms with Gasteiger partial charge in [0, 0.05) is 38.9 Å². The number of amides is 1. The maximum absolute atomic E-state index is 13.0. The van der Waals surface area contributed by atoms with Gasteiger partial charge in [0.25, 0.3) is 5.91 Å². The number of carbonyl (C=O) groups excluding carboxylic acids is 1. The normalized spacial score (nSPS) is 16.2. The van der Waals surface area contributed by atoms with Crippen LogP contribution < -0.4 is 0 Å². The summed E-state index contributed by atoms with van der Waals surface area (Å²) < 4.78 is 41.1. The molecule has 1 aromatic carbocycles. The van der Waals surface area contributed by atoms with E-state index in [2.05, 4.69) is 5.10 Å². The van der Waals surface area contributed by atoms with Crippen molar-refractivity contribution in [3.05, 3.63) is 47.5 Å². The summed E-state index contributed by atoms with van der Waals surface area (Å²) in [6, 6.07) is 4.75. The van der Waals surface area contributed by atoms with E-state index in [1.165, 1.54) is 22.6 Å². The van der Waals surface area contributed by atoms with E-state index in [1.807, 2.05) is 6.92 Å². The Hall–Kier alpha value is -2.26. The number of carbonyl (C=O) groups is 1. The molecule has 0 atom stereocenters. The first-order valence-corrected chi connectivity index (χ1v) is 9.28. The molecule has 134 valence electrons. The van der Waals surface area contributed by atoms with Gasteiger partial charge < -0.3 is 4.90 Å². The van der Waals surface area contributed by atoms with Crippen molar-refractivity contribution in [3.63, 3.8) is 0 Å². The minimum atomic E-state index is -3.68. The van der Waals surface area contributed by atoms with Gasteiger partial charge in [-0.15, -0.1) is 0 Å². The second-order valence-corrected chi connectivity index (χ2v) is 7.86.